The minimum absolute atomic E-state index is 0.0137. The van der Waals surface area contributed by atoms with Crippen molar-refractivity contribution >= 4 is 21.6 Å². The molecule has 0 bridgehead atoms. The van der Waals surface area contributed by atoms with Crippen molar-refractivity contribution in [2.24, 2.45) is 0 Å². The summed E-state index contributed by atoms with van der Waals surface area (Å²) in [5.74, 6) is 0. The Morgan fingerprint density at radius 2 is 2.05 bits per heavy atom. The molecule has 0 aromatic heterocycles. The molecular formula is C14H20ClNO4S. The first-order valence-corrected chi connectivity index (χ1v) is 8.75. The second-order valence-corrected chi connectivity index (χ2v) is 7.45. The lowest BCUT2D eigenvalue weighted by molar-refractivity contribution is 0.00318. The highest BCUT2D eigenvalue weighted by Crippen LogP contribution is 2.26. The van der Waals surface area contributed by atoms with E-state index in [0.717, 1.165) is 0 Å². The summed E-state index contributed by atoms with van der Waals surface area (Å²) >= 11 is 5.92. The summed E-state index contributed by atoms with van der Waals surface area (Å²) in [5, 5.41) is 9.16. The van der Waals surface area contributed by atoms with Crippen LogP contribution in [0.25, 0.3) is 0 Å². The van der Waals surface area contributed by atoms with E-state index in [2.05, 4.69) is 0 Å². The van der Waals surface area contributed by atoms with Crippen molar-refractivity contribution < 1.29 is 18.3 Å². The average molecular weight is 334 g/mol. The molecule has 0 radical (unpaired) electrons. The molecule has 7 heteroatoms. The number of sulfonamides is 1. The first-order chi connectivity index (χ1) is 9.95. The summed E-state index contributed by atoms with van der Waals surface area (Å²) in [4.78, 5) is 0.268. The molecular weight excluding hydrogens is 314 g/mol. The summed E-state index contributed by atoms with van der Waals surface area (Å²) in [6.07, 6.45) is 1.29. The lowest BCUT2D eigenvalue weighted by Gasteiger charge is -2.31. The molecule has 0 atom stereocenters. The molecule has 0 spiro atoms. The van der Waals surface area contributed by atoms with Gasteiger partial charge in [0.15, 0.2) is 0 Å². The van der Waals surface area contributed by atoms with E-state index >= 15 is 0 Å². The van der Waals surface area contributed by atoms with Crippen LogP contribution < -0.4 is 0 Å². The van der Waals surface area contributed by atoms with E-state index in [1.54, 1.807) is 19.1 Å². The van der Waals surface area contributed by atoms with E-state index < -0.39 is 10.0 Å². The highest BCUT2D eigenvalue weighted by Gasteiger charge is 2.30. The van der Waals surface area contributed by atoms with Gasteiger partial charge in [-0.25, -0.2) is 8.42 Å². The van der Waals surface area contributed by atoms with Gasteiger partial charge in [-0.15, -0.1) is 0 Å². The molecule has 21 heavy (non-hydrogen) atoms. The smallest absolute Gasteiger partial charge is 0.243 e. The molecule has 2 rings (SSSR count). The number of piperidine rings is 1. The molecule has 1 fully saturated rings. The van der Waals surface area contributed by atoms with Crippen LogP contribution in [-0.4, -0.2) is 50.2 Å². The SMILES string of the molecule is Cc1ccc(Cl)cc1S(=O)(=O)N1CCC(OCCO)CC1. The number of aliphatic hydroxyl groups excluding tert-OH is 1. The van der Waals surface area contributed by atoms with E-state index in [4.69, 9.17) is 21.4 Å². The van der Waals surface area contributed by atoms with Gasteiger partial charge in [-0.1, -0.05) is 17.7 Å². The number of halogens is 1. The normalized spacial score (nSPS) is 18.0. The summed E-state index contributed by atoms with van der Waals surface area (Å²) in [6.45, 7) is 2.89. The summed E-state index contributed by atoms with van der Waals surface area (Å²) < 4.78 is 32.3. The highest BCUT2D eigenvalue weighted by atomic mass is 35.5. The van der Waals surface area contributed by atoms with Gasteiger partial charge in [0.1, 0.15) is 0 Å². The lowest BCUT2D eigenvalue weighted by atomic mass is 10.1. The minimum Gasteiger partial charge on any atom is -0.394 e. The Hall–Kier alpha value is -0.660. The van der Waals surface area contributed by atoms with Crippen LogP contribution in [0.5, 0.6) is 0 Å². The third-order valence-corrected chi connectivity index (χ3v) is 5.89. The Bertz CT molecular complexity index is 583. The van der Waals surface area contributed by atoms with Gasteiger partial charge < -0.3 is 9.84 Å². The second kappa shape index (κ2) is 7.07. The number of nitrogens with zero attached hydrogens (tertiary/aromatic N) is 1. The van der Waals surface area contributed by atoms with Crippen molar-refractivity contribution in [2.45, 2.75) is 30.8 Å². The Morgan fingerprint density at radius 3 is 2.67 bits per heavy atom. The molecule has 0 unspecified atom stereocenters. The van der Waals surface area contributed by atoms with Crippen LogP contribution in [0.1, 0.15) is 18.4 Å². The molecule has 1 saturated heterocycles. The van der Waals surface area contributed by atoms with Crippen LogP contribution in [0.15, 0.2) is 23.1 Å². The van der Waals surface area contributed by atoms with Gasteiger partial charge >= 0.3 is 0 Å². The lowest BCUT2D eigenvalue weighted by Crippen LogP contribution is -2.41. The molecule has 0 saturated carbocycles. The zero-order valence-corrected chi connectivity index (χ0v) is 13.5. The number of ether oxygens (including phenoxy) is 1. The van der Waals surface area contributed by atoms with Crippen LogP contribution in [0.3, 0.4) is 0 Å². The number of hydrogen-bond donors (Lipinski definition) is 1. The van der Waals surface area contributed by atoms with Crippen LogP contribution in [-0.2, 0) is 14.8 Å². The fourth-order valence-corrected chi connectivity index (χ4v) is 4.41. The maximum Gasteiger partial charge on any atom is 0.243 e. The Labute approximate surface area is 130 Å². The van der Waals surface area contributed by atoms with E-state index in [0.29, 0.717) is 43.1 Å². The number of aryl methyl sites for hydroxylation is 1. The van der Waals surface area contributed by atoms with Gasteiger partial charge in [0.2, 0.25) is 10.0 Å². The first kappa shape index (κ1) is 16.7. The average Bonchev–Trinajstić information content (AvgIpc) is 2.48. The van der Waals surface area contributed by atoms with Gasteiger partial charge in [0.05, 0.1) is 24.2 Å². The topological polar surface area (TPSA) is 66.8 Å². The van der Waals surface area contributed by atoms with Crippen molar-refractivity contribution in [2.75, 3.05) is 26.3 Å². The van der Waals surface area contributed by atoms with Gasteiger partial charge in [0.25, 0.3) is 0 Å². The molecule has 118 valence electrons. The molecule has 1 N–H and O–H groups in total. The van der Waals surface area contributed by atoms with Crippen molar-refractivity contribution in [3.63, 3.8) is 0 Å². The van der Waals surface area contributed by atoms with Crippen LogP contribution in [0, 0.1) is 6.92 Å². The fraction of sp³-hybridized carbons (Fsp3) is 0.571. The molecule has 0 amide bonds. The quantitative estimate of drug-likeness (QED) is 0.892. The predicted octanol–water partition coefficient (Wildman–Crippen LogP) is 1.81. The molecule has 5 nitrogen and oxygen atoms in total. The van der Waals surface area contributed by atoms with E-state index in [1.165, 1.54) is 10.4 Å². The fourth-order valence-electron chi connectivity index (χ4n) is 2.45. The van der Waals surface area contributed by atoms with Crippen LogP contribution in [0.4, 0.5) is 0 Å². The minimum atomic E-state index is -3.52. The summed E-state index contributed by atoms with van der Waals surface area (Å²) in [6, 6.07) is 4.90. The maximum absolute atomic E-state index is 12.7. The number of benzene rings is 1. The van der Waals surface area contributed by atoms with Crippen molar-refractivity contribution in [3.8, 4) is 0 Å². The highest BCUT2D eigenvalue weighted by molar-refractivity contribution is 7.89. The molecule has 1 aromatic carbocycles. The standard InChI is InChI=1S/C14H20ClNO4S/c1-11-2-3-12(15)10-14(11)21(18,19)16-6-4-13(5-7-16)20-9-8-17/h2-3,10,13,17H,4-9H2,1H3. The van der Waals surface area contributed by atoms with Crippen molar-refractivity contribution in [1.82, 2.24) is 4.31 Å². The number of hydrogen-bond acceptors (Lipinski definition) is 4. The summed E-state index contributed by atoms with van der Waals surface area (Å²) in [7, 11) is -3.52. The van der Waals surface area contributed by atoms with E-state index in [9.17, 15) is 8.42 Å². The van der Waals surface area contributed by atoms with Crippen molar-refractivity contribution in [3.05, 3.63) is 28.8 Å². The second-order valence-electron chi connectivity index (χ2n) is 5.11. The number of rotatable bonds is 5. The maximum atomic E-state index is 12.7. The molecule has 1 aromatic rings. The van der Waals surface area contributed by atoms with Crippen LogP contribution in [0.2, 0.25) is 5.02 Å². The monoisotopic (exact) mass is 333 g/mol. The van der Waals surface area contributed by atoms with Gasteiger partial charge in [0, 0.05) is 18.1 Å². The zero-order valence-electron chi connectivity index (χ0n) is 12.0. The third-order valence-electron chi connectivity index (χ3n) is 3.61. The molecule has 1 heterocycles. The summed E-state index contributed by atoms with van der Waals surface area (Å²) in [5.41, 5.74) is 0.693. The Kier molecular flexibility index (Phi) is 5.62. The Morgan fingerprint density at radius 1 is 1.38 bits per heavy atom. The van der Waals surface area contributed by atoms with E-state index in [1.807, 2.05) is 0 Å². The Balaban J connectivity index is 2.10. The van der Waals surface area contributed by atoms with Gasteiger partial charge in [-0.3, -0.25) is 0 Å². The number of aliphatic hydroxyl groups is 1. The molecule has 1 aliphatic rings. The zero-order chi connectivity index (χ0) is 15.5. The molecule has 1 aliphatic heterocycles. The molecule has 0 aliphatic carbocycles. The van der Waals surface area contributed by atoms with Crippen LogP contribution >= 0.6 is 11.6 Å². The van der Waals surface area contributed by atoms with Gasteiger partial charge in [-0.2, -0.15) is 4.31 Å². The van der Waals surface area contributed by atoms with E-state index in [-0.39, 0.29) is 17.6 Å². The van der Waals surface area contributed by atoms with Crippen molar-refractivity contribution in [1.29, 1.82) is 0 Å². The van der Waals surface area contributed by atoms with Gasteiger partial charge in [-0.05, 0) is 37.5 Å². The first-order valence-electron chi connectivity index (χ1n) is 6.94. The third kappa shape index (κ3) is 3.96. The largest absolute Gasteiger partial charge is 0.394 e. The predicted molar refractivity (Wildman–Crippen MR) is 81.0 cm³/mol.